The van der Waals surface area contributed by atoms with E-state index < -0.39 is 6.04 Å². The molecule has 1 saturated heterocycles. The van der Waals surface area contributed by atoms with Crippen LogP contribution in [-0.4, -0.2) is 36.7 Å². The second-order valence-electron chi connectivity index (χ2n) is 6.55. The first-order valence-corrected chi connectivity index (χ1v) is 8.45. The zero-order valence-corrected chi connectivity index (χ0v) is 13.3. The van der Waals surface area contributed by atoms with E-state index in [1.165, 1.54) is 6.42 Å². The maximum absolute atomic E-state index is 12.3. The zero-order valence-electron chi connectivity index (χ0n) is 13.3. The summed E-state index contributed by atoms with van der Waals surface area (Å²) in [5.41, 5.74) is 0.635. The summed E-state index contributed by atoms with van der Waals surface area (Å²) in [4.78, 5) is 24.5. The van der Waals surface area contributed by atoms with Gasteiger partial charge in [0.25, 0.3) is 0 Å². The lowest BCUT2D eigenvalue weighted by molar-refractivity contribution is -0.129. The van der Waals surface area contributed by atoms with Crippen LogP contribution in [0.3, 0.4) is 0 Å². The van der Waals surface area contributed by atoms with Crippen LogP contribution >= 0.6 is 0 Å². The topological polar surface area (TPSA) is 88.7 Å². The maximum atomic E-state index is 12.3. The van der Waals surface area contributed by atoms with Crippen molar-refractivity contribution in [1.29, 1.82) is 0 Å². The third-order valence-corrected chi connectivity index (χ3v) is 4.87. The summed E-state index contributed by atoms with van der Waals surface area (Å²) in [6.07, 6.45) is 4.49. The average Bonchev–Trinajstić information content (AvgIpc) is 3.03. The monoisotopic (exact) mass is 331 g/mol. The molecule has 0 unspecified atom stereocenters. The van der Waals surface area contributed by atoms with Gasteiger partial charge in [-0.05, 0) is 25.0 Å². The zero-order chi connectivity index (χ0) is 16.5. The number of anilines is 1. The number of piperazine rings is 1. The van der Waals surface area contributed by atoms with Crippen LogP contribution in [0.4, 0.5) is 5.69 Å². The number of carbonyl (C=O) groups excluding carboxylic acids is 2. The first kappa shape index (κ1) is 15.3. The Bertz CT molecular complexity index is 663. The first-order valence-electron chi connectivity index (χ1n) is 8.45. The minimum atomic E-state index is -0.474. The van der Waals surface area contributed by atoms with Crippen molar-refractivity contribution in [2.45, 2.75) is 50.2 Å². The number of amides is 2. The van der Waals surface area contributed by atoms with Crippen LogP contribution in [-0.2, 0) is 9.59 Å². The Morgan fingerprint density at radius 2 is 1.96 bits per heavy atom. The normalized spacial score (nSPS) is 28.0. The Morgan fingerprint density at radius 1 is 1.17 bits per heavy atom. The van der Waals surface area contributed by atoms with E-state index >= 15 is 0 Å². The van der Waals surface area contributed by atoms with Gasteiger partial charge in [-0.3, -0.25) is 9.59 Å². The highest BCUT2D eigenvalue weighted by Crippen LogP contribution is 2.34. The van der Waals surface area contributed by atoms with Crippen LogP contribution in [0.2, 0.25) is 0 Å². The molecule has 7 heteroatoms. The quantitative estimate of drug-likeness (QED) is 0.773. The van der Waals surface area contributed by atoms with Crippen LogP contribution in [0.1, 0.15) is 32.1 Å². The lowest BCUT2D eigenvalue weighted by Crippen LogP contribution is -2.65. The minimum absolute atomic E-state index is 0.0843. The fourth-order valence-corrected chi connectivity index (χ4v) is 3.64. The Morgan fingerprint density at radius 3 is 2.83 bits per heavy atom. The summed E-state index contributed by atoms with van der Waals surface area (Å²) in [5.74, 6) is 1.01. The smallest absolute Gasteiger partial charge is 0.237 e. The molecule has 1 saturated carbocycles. The van der Waals surface area contributed by atoms with Crippen LogP contribution < -0.4 is 25.4 Å². The molecule has 1 aromatic carbocycles. The molecule has 2 fully saturated rings. The van der Waals surface area contributed by atoms with Crippen LogP contribution in [0, 0.1) is 0 Å². The summed E-state index contributed by atoms with van der Waals surface area (Å²) < 4.78 is 10.5. The van der Waals surface area contributed by atoms with Gasteiger partial charge in [-0.1, -0.05) is 12.8 Å². The lowest BCUT2D eigenvalue weighted by Gasteiger charge is -2.40. The maximum Gasteiger partial charge on any atom is 0.237 e. The van der Waals surface area contributed by atoms with Gasteiger partial charge in [0.15, 0.2) is 11.5 Å². The van der Waals surface area contributed by atoms with Crippen molar-refractivity contribution >= 4 is 17.5 Å². The van der Waals surface area contributed by atoms with Gasteiger partial charge in [0, 0.05) is 23.8 Å². The standard InChI is InChI=1S/C17H21N3O4/c21-16(18-10-5-6-14-15(7-10)24-9-23-14)8-13-17(22)20-12-4-2-1-3-11(12)19-13/h5-7,11-13,19H,1-4,8-9H2,(H,18,21)(H,20,22)/t11-,12+,13-/m0/s1. The van der Waals surface area contributed by atoms with Gasteiger partial charge in [0.2, 0.25) is 18.6 Å². The lowest BCUT2D eigenvalue weighted by atomic mass is 9.87. The number of ether oxygens (including phenoxy) is 2. The second-order valence-corrected chi connectivity index (χ2v) is 6.55. The molecule has 0 aromatic heterocycles. The van der Waals surface area contributed by atoms with Crippen molar-refractivity contribution in [2.24, 2.45) is 0 Å². The van der Waals surface area contributed by atoms with E-state index in [0.29, 0.717) is 17.2 Å². The molecular formula is C17H21N3O4. The number of nitrogens with one attached hydrogen (secondary N) is 3. The molecule has 4 rings (SSSR count). The molecule has 3 N–H and O–H groups in total. The largest absolute Gasteiger partial charge is 0.454 e. The second kappa shape index (κ2) is 6.32. The summed E-state index contributed by atoms with van der Waals surface area (Å²) in [7, 11) is 0. The van der Waals surface area contributed by atoms with Gasteiger partial charge >= 0.3 is 0 Å². The fraction of sp³-hybridized carbons (Fsp3) is 0.529. The van der Waals surface area contributed by atoms with E-state index in [1.54, 1.807) is 18.2 Å². The van der Waals surface area contributed by atoms with E-state index in [2.05, 4.69) is 16.0 Å². The molecule has 0 radical (unpaired) electrons. The van der Waals surface area contributed by atoms with Crippen molar-refractivity contribution in [1.82, 2.24) is 10.6 Å². The van der Waals surface area contributed by atoms with Crippen molar-refractivity contribution < 1.29 is 19.1 Å². The van der Waals surface area contributed by atoms with Gasteiger partial charge in [-0.25, -0.2) is 0 Å². The molecule has 0 bridgehead atoms. The van der Waals surface area contributed by atoms with E-state index in [9.17, 15) is 9.59 Å². The first-order chi connectivity index (χ1) is 11.7. The van der Waals surface area contributed by atoms with Crippen molar-refractivity contribution in [3.05, 3.63) is 18.2 Å². The molecule has 1 aliphatic carbocycles. The molecular weight excluding hydrogens is 310 g/mol. The van der Waals surface area contributed by atoms with Crippen LogP contribution in [0.5, 0.6) is 11.5 Å². The van der Waals surface area contributed by atoms with Gasteiger partial charge in [-0.2, -0.15) is 0 Å². The van der Waals surface area contributed by atoms with Crippen molar-refractivity contribution in [3.8, 4) is 11.5 Å². The predicted molar refractivity (Wildman–Crippen MR) is 86.9 cm³/mol. The molecule has 7 nitrogen and oxygen atoms in total. The Kier molecular flexibility index (Phi) is 4.02. The number of benzene rings is 1. The molecule has 3 atom stereocenters. The Balaban J connectivity index is 1.36. The highest BCUT2D eigenvalue weighted by atomic mass is 16.7. The number of fused-ring (bicyclic) bond motifs is 2. The number of hydrogen-bond acceptors (Lipinski definition) is 5. The highest BCUT2D eigenvalue weighted by molar-refractivity contribution is 5.96. The predicted octanol–water partition coefficient (Wildman–Crippen LogP) is 1.14. The van der Waals surface area contributed by atoms with Crippen molar-refractivity contribution in [3.63, 3.8) is 0 Å². The highest BCUT2D eigenvalue weighted by Gasteiger charge is 2.36. The molecule has 1 aromatic rings. The molecule has 2 heterocycles. The molecule has 0 spiro atoms. The molecule has 24 heavy (non-hydrogen) atoms. The van der Waals surface area contributed by atoms with Gasteiger partial charge in [0.1, 0.15) is 0 Å². The third-order valence-electron chi connectivity index (χ3n) is 4.87. The van der Waals surface area contributed by atoms with E-state index in [1.807, 2.05) is 0 Å². The molecule has 2 aliphatic heterocycles. The average molecular weight is 331 g/mol. The number of rotatable bonds is 3. The fourth-order valence-electron chi connectivity index (χ4n) is 3.64. The van der Waals surface area contributed by atoms with Crippen LogP contribution in [0.15, 0.2) is 18.2 Å². The van der Waals surface area contributed by atoms with Crippen LogP contribution in [0.25, 0.3) is 0 Å². The molecule has 2 amide bonds. The van der Waals surface area contributed by atoms with Gasteiger partial charge in [-0.15, -0.1) is 0 Å². The summed E-state index contributed by atoms with van der Waals surface area (Å²) in [5, 5.41) is 9.22. The molecule has 128 valence electrons. The summed E-state index contributed by atoms with van der Waals surface area (Å²) in [6, 6.07) is 5.26. The van der Waals surface area contributed by atoms with Crippen molar-refractivity contribution in [2.75, 3.05) is 12.1 Å². The minimum Gasteiger partial charge on any atom is -0.454 e. The SMILES string of the molecule is O=C(C[C@@H]1N[C@H]2CCCC[C@H]2NC1=O)Nc1ccc2c(c1)OCO2. The Labute approximate surface area is 140 Å². The summed E-state index contributed by atoms with van der Waals surface area (Å²) in [6.45, 7) is 0.196. The van der Waals surface area contributed by atoms with E-state index in [4.69, 9.17) is 9.47 Å². The van der Waals surface area contributed by atoms with Gasteiger partial charge in [0.05, 0.1) is 12.5 Å². The number of carbonyl (C=O) groups is 2. The molecule has 3 aliphatic rings. The summed E-state index contributed by atoms with van der Waals surface area (Å²) >= 11 is 0. The van der Waals surface area contributed by atoms with E-state index in [-0.39, 0.29) is 37.1 Å². The number of hydrogen-bond donors (Lipinski definition) is 3. The third kappa shape index (κ3) is 3.03. The Hall–Kier alpha value is -2.28. The van der Waals surface area contributed by atoms with Gasteiger partial charge < -0.3 is 25.4 Å². The van der Waals surface area contributed by atoms with E-state index in [0.717, 1.165) is 19.3 Å².